The maximum absolute atomic E-state index is 14.0. The molecule has 1 saturated carbocycles. The van der Waals surface area contributed by atoms with Gasteiger partial charge in [0, 0.05) is 11.7 Å². The molecule has 1 heterocycles. The number of benzene rings is 2. The Kier molecular flexibility index (Phi) is 8.72. The molecule has 36 heavy (non-hydrogen) atoms. The second kappa shape index (κ2) is 12.0. The molecule has 1 N–H and O–H groups in total. The lowest BCUT2D eigenvalue weighted by Crippen LogP contribution is -2.46. The molecule has 0 aliphatic heterocycles. The Labute approximate surface area is 224 Å². The summed E-state index contributed by atoms with van der Waals surface area (Å²) in [5, 5.41) is 3.21. The highest BCUT2D eigenvalue weighted by atomic mass is 35.5. The number of nitrogens with zero attached hydrogens (tertiary/aromatic N) is 2. The fourth-order valence-corrected chi connectivity index (χ4v) is 5.30. The number of amides is 2. The van der Waals surface area contributed by atoms with Gasteiger partial charge in [0.2, 0.25) is 5.91 Å². The minimum Gasteiger partial charge on any atom is -0.497 e. The highest BCUT2D eigenvalue weighted by Gasteiger charge is 2.37. The molecule has 1 atom stereocenters. The number of hydrogen-bond donors (Lipinski definition) is 1. The highest BCUT2D eigenvalue weighted by Crippen LogP contribution is 2.36. The Hall–Kier alpha value is -2.81. The van der Waals surface area contributed by atoms with Crippen molar-refractivity contribution in [1.82, 2.24) is 9.69 Å². The minimum absolute atomic E-state index is 0.00673. The summed E-state index contributed by atoms with van der Waals surface area (Å²) in [6.07, 6.45) is 3.94. The van der Waals surface area contributed by atoms with Crippen LogP contribution in [0.1, 0.15) is 54.7 Å². The van der Waals surface area contributed by atoms with Gasteiger partial charge in [0.15, 0.2) is 5.69 Å². The lowest BCUT2D eigenvalue weighted by atomic mass is 10.0. The predicted octanol–water partition coefficient (Wildman–Crippen LogP) is 6.30. The van der Waals surface area contributed by atoms with Crippen molar-refractivity contribution in [2.45, 2.75) is 44.7 Å². The van der Waals surface area contributed by atoms with Gasteiger partial charge in [-0.15, -0.1) is 0 Å². The number of aromatic nitrogens is 1. The van der Waals surface area contributed by atoms with Crippen LogP contribution in [0.25, 0.3) is 0 Å². The van der Waals surface area contributed by atoms with Gasteiger partial charge in [0.25, 0.3) is 5.91 Å². The largest absolute Gasteiger partial charge is 0.497 e. The van der Waals surface area contributed by atoms with Gasteiger partial charge < -0.3 is 14.8 Å². The van der Waals surface area contributed by atoms with Crippen molar-refractivity contribution in [2.24, 2.45) is 0 Å². The zero-order valence-corrected chi connectivity index (χ0v) is 22.3. The molecular weight excluding hydrogens is 521 g/mol. The van der Waals surface area contributed by atoms with Crippen LogP contribution in [0.15, 0.2) is 48.5 Å². The van der Waals surface area contributed by atoms with Crippen LogP contribution in [0.2, 0.25) is 9.36 Å². The van der Waals surface area contributed by atoms with E-state index in [0.29, 0.717) is 29.4 Å². The van der Waals surface area contributed by atoms with Crippen molar-refractivity contribution < 1.29 is 19.1 Å². The number of anilines is 1. The van der Waals surface area contributed by atoms with Crippen LogP contribution in [-0.2, 0) is 4.79 Å². The van der Waals surface area contributed by atoms with Crippen molar-refractivity contribution in [3.8, 4) is 11.5 Å². The second-order valence-electron chi connectivity index (χ2n) is 8.39. The lowest BCUT2D eigenvalue weighted by Gasteiger charge is -2.32. The fraction of sp³-hybridized carbons (Fsp3) is 0.346. The third-order valence-electron chi connectivity index (χ3n) is 6.08. The zero-order valence-electron chi connectivity index (χ0n) is 20.0. The predicted molar refractivity (Wildman–Crippen MR) is 143 cm³/mol. The summed E-state index contributed by atoms with van der Waals surface area (Å²) >= 11 is 13.4. The van der Waals surface area contributed by atoms with Gasteiger partial charge in [0.1, 0.15) is 26.9 Å². The molecule has 2 aromatic carbocycles. The monoisotopic (exact) mass is 547 g/mol. The highest BCUT2D eigenvalue weighted by molar-refractivity contribution is 7.11. The Morgan fingerprint density at radius 1 is 1.08 bits per heavy atom. The van der Waals surface area contributed by atoms with Crippen LogP contribution >= 0.6 is 34.7 Å². The van der Waals surface area contributed by atoms with E-state index in [4.69, 9.17) is 32.7 Å². The molecular formula is C26H27Cl2N3O4S. The summed E-state index contributed by atoms with van der Waals surface area (Å²) in [4.78, 5) is 29.2. The van der Waals surface area contributed by atoms with E-state index in [1.54, 1.807) is 55.6 Å². The molecule has 190 valence electrons. The van der Waals surface area contributed by atoms with Gasteiger partial charge in [0.05, 0.1) is 13.7 Å². The molecule has 0 spiro atoms. The summed E-state index contributed by atoms with van der Waals surface area (Å²) in [5.41, 5.74) is 1.10. The Morgan fingerprint density at radius 2 is 1.72 bits per heavy atom. The topological polar surface area (TPSA) is 80.8 Å². The van der Waals surface area contributed by atoms with E-state index < -0.39 is 11.9 Å². The number of carbonyl (C=O) groups excluding carboxylic acids is 2. The molecule has 0 radical (unpaired) electrons. The normalized spacial score (nSPS) is 14.3. The summed E-state index contributed by atoms with van der Waals surface area (Å²) < 4.78 is 15.3. The standard InChI is InChI=1S/C26H27Cl2N3O4S/c1-3-35-20-14-10-18(11-15-20)31(26(33)22-21(27)24(28)36-30-22)23(16-8-12-19(34-2)13-9-16)25(32)29-17-6-4-5-7-17/h8-15,17,23H,3-7H2,1-2H3,(H,29,32)/t23-/m1/s1. The third-order valence-corrected chi connectivity index (χ3v) is 7.70. The van der Waals surface area contributed by atoms with Crippen LogP contribution in [0, 0.1) is 0 Å². The van der Waals surface area contributed by atoms with Crippen molar-refractivity contribution >= 4 is 52.2 Å². The van der Waals surface area contributed by atoms with Crippen molar-refractivity contribution in [1.29, 1.82) is 0 Å². The average molecular weight is 548 g/mol. The van der Waals surface area contributed by atoms with Crippen LogP contribution < -0.4 is 19.7 Å². The molecule has 0 bridgehead atoms. The number of halogens is 2. The van der Waals surface area contributed by atoms with Crippen LogP contribution in [0.3, 0.4) is 0 Å². The molecule has 10 heteroatoms. The van der Waals surface area contributed by atoms with Gasteiger partial charge in [-0.25, -0.2) is 0 Å². The molecule has 1 fully saturated rings. The van der Waals surface area contributed by atoms with E-state index in [1.165, 1.54) is 4.90 Å². The maximum Gasteiger partial charge on any atom is 0.280 e. The van der Waals surface area contributed by atoms with Gasteiger partial charge >= 0.3 is 0 Å². The van der Waals surface area contributed by atoms with E-state index in [-0.39, 0.29) is 27.0 Å². The first-order chi connectivity index (χ1) is 17.4. The first-order valence-corrected chi connectivity index (χ1v) is 13.3. The molecule has 1 aliphatic carbocycles. The SMILES string of the molecule is CCOc1ccc(N(C(=O)c2nsc(Cl)c2Cl)[C@@H](C(=O)NC2CCCC2)c2ccc(OC)cc2)cc1. The molecule has 1 aromatic heterocycles. The Morgan fingerprint density at radius 3 is 2.28 bits per heavy atom. The molecule has 7 nitrogen and oxygen atoms in total. The Bertz CT molecular complexity index is 1190. The molecule has 0 saturated heterocycles. The number of ether oxygens (including phenoxy) is 2. The van der Waals surface area contributed by atoms with Gasteiger partial charge in [-0.2, -0.15) is 4.37 Å². The van der Waals surface area contributed by atoms with Crippen molar-refractivity contribution in [3.63, 3.8) is 0 Å². The molecule has 3 aromatic rings. The van der Waals surface area contributed by atoms with E-state index in [0.717, 1.165) is 37.2 Å². The molecule has 4 rings (SSSR count). The second-order valence-corrected chi connectivity index (χ2v) is 10.1. The van der Waals surface area contributed by atoms with E-state index in [2.05, 4.69) is 9.69 Å². The van der Waals surface area contributed by atoms with Crippen LogP contribution in [0.4, 0.5) is 5.69 Å². The van der Waals surface area contributed by atoms with Crippen LogP contribution in [-0.4, -0.2) is 35.9 Å². The molecule has 1 aliphatic rings. The smallest absolute Gasteiger partial charge is 0.280 e. The fourth-order valence-electron chi connectivity index (χ4n) is 4.31. The maximum atomic E-state index is 14.0. The lowest BCUT2D eigenvalue weighted by molar-refractivity contribution is -0.123. The first kappa shape index (κ1) is 26.3. The Balaban J connectivity index is 1.82. The first-order valence-electron chi connectivity index (χ1n) is 11.7. The summed E-state index contributed by atoms with van der Waals surface area (Å²) in [5.74, 6) is 0.475. The van der Waals surface area contributed by atoms with E-state index >= 15 is 0 Å². The number of carbonyl (C=O) groups is 2. The van der Waals surface area contributed by atoms with Crippen molar-refractivity contribution in [3.05, 3.63) is 69.1 Å². The minimum atomic E-state index is -0.988. The summed E-state index contributed by atoms with van der Waals surface area (Å²) in [7, 11) is 1.57. The van der Waals surface area contributed by atoms with Crippen LogP contribution in [0.5, 0.6) is 11.5 Å². The van der Waals surface area contributed by atoms with Crippen molar-refractivity contribution in [2.75, 3.05) is 18.6 Å². The summed E-state index contributed by atoms with van der Waals surface area (Å²) in [6, 6.07) is 13.2. The number of rotatable bonds is 9. The van der Waals surface area contributed by atoms with Gasteiger partial charge in [-0.3, -0.25) is 14.5 Å². The molecule has 0 unspecified atom stereocenters. The van der Waals surface area contributed by atoms with E-state index in [1.807, 2.05) is 6.92 Å². The van der Waals surface area contributed by atoms with Gasteiger partial charge in [-0.05, 0) is 73.3 Å². The average Bonchev–Trinajstić information content (AvgIpc) is 3.52. The van der Waals surface area contributed by atoms with Gasteiger partial charge in [-0.1, -0.05) is 48.2 Å². The molecule has 2 amide bonds. The number of hydrogen-bond acceptors (Lipinski definition) is 6. The quantitative estimate of drug-likeness (QED) is 0.339. The number of nitrogens with one attached hydrogen (secondary N) is 1. The summed E-state index contributed by atoms with van der Waals surface area (Å²) in [6.45, 7) is 2.40. The zero-order chi connectivity index (χ0) is 25.7. The van der Waals surface area contributed by atoms with E-state index in [9.17, 15) is 9.59 Å². The third kappa shape index (κ3) is 5.77. The number of methoxy groups -OCH3 is 1.